The molecule has 2 aromatic rings. The van der Waals surface area contributed by atoms with E-state index < -0.39 is 6.04 Å². The van der Waals surface area contributed by atoms with Crippen LogP contribution in [0.3, 0.4) is 0 Å². The summed E-state index contributed by atoms with van der Waals surface area (Å²) in [4.78, 5) is 27.3. The lowest BCUT2D eigenvalue weighted by molar-refractivity contribution is -0.125. The van der Waals surface area contributed by atoms with Crippen molar-refractivity contribution in [2.45, 2.75) is 38.8 Å². The van der Waals surface area contributed by atoms with Crippen LogP contribution in [0.15, 0.2) is 41.1 Å². The van der Waals surface area contributed by atoms with Gasteiger partial charge in [0.1, 0.15) is 6.04 Å². The van der Waals surface area contributed by atoms with Gasteiger partial charge in [-0.05, 0) is 60.7 Å². The van der Waals surface area contributed by atoms with Gasteiger partial charge in [-0.25, -0.2) is 0 Å². The second-order valence-corrected chi connectivity index (χ2v) is 7.01. The van der Waals surface area contributed by atoms with Crippen LogP contribution in [0.2, 0.25) is 0 Å². The van der Waals surface area contributed by atoms with E-state index in [2.05, 4.69) is 5.32 Å². The van der Waals surface area contributed by atoms with E-state index in [1.807, 2.05) is 48.0 Å². The monoisotopic (exact) mass is 342 g/mol. The highest BCUT2D eigenvalue weighted by Gasteiger charge is 2.31. The number of carbonyl (C=O) groups excluding carboxylic acids is 2. The van der Waals surface area contributed by atoms with Crippen molar-refractivity contribution in [1.29, 1.82) is 0 Å². The number of aryl methyl sites for hydroxylation is 1. The predicted molar refractivity (Wildman–Crippen MR) is 96.0 cm³/mol. The molecule has 1 aliphatic rings. The maximum Gasteiger partial charge on any atom is 0.254 e. The number of carbonyl (C=O) groups is 2. The first-order chi connectivity index (χ1) is 11.6. The Bertz CT molecular complexity index is 695. The molecule has 5 heteroatoms. The molecular weight excluding hydrogens is 320 g/mol. The van der Waals surface area contributed by atoms with Gasteiger partial charge in [0.15, 0.2) is 0 Å². The molecule has 0 bridgehead atoms. The highest BCUT2D eigenvalue weighted by molar-refractivity contribution is 7.07. The molecule has 24 heavy (non-hydrogen) atoms. The zero-order valence-electron chi connectivity index (χ0n) is 13.8. The lowest BCUT2D eigenvalue weighted by Crippen LogP contribution is -2.48. The summed E-state index contributed by atoms with van der Waals surface area (Å²) in [5.41, 5.74) is 2.81. The van der Waals surface area contributed by atoms with Gasteiger partial charge in [0.25, 0.3) is 5.91 Å². The summed E-state index contributed by atoms with van der Waals surface area (Å²) in [5.74, 6) is -0.119. The SMILES string of the molecule is Cc1ccc(C(=O)N(Cc2ccsc2)C2CCCCNC2=O)cc1. The van der Waals surface area contributed by atoms with E-state index >= 15 is 0 Å². The fourth-order valence-electron chi connectivity index (χ4n) is 2.99. The largest absolute Gasteiger partial charge is 0.354 e. The van der Waals surface area contributed by atoms with Crippen molar-refractivity contribution in [3.8, 4) is 0 Å². The number of amides is 2. The molecule has 1 fully saturated rings. The molecule has 1 aromatic carbocycles. The number of hydrogen-bond acceptors (Lipinski definition) is 3. The molecular formula is C19H22N2O2S. The Balaban J connectivity index is 1.89. The summed E-state index contributed by atoms with van der Waals surface area (Å²) in [6, 6.07) is 9.15. The van der Waals surface area contributed by atoms with Crippen molar-refractivity contribution >= 4 is 23.2 Å². The maximum absolute atomic E-state index is 13.1. The number of thiophene rings is 1. The molecule has 1 saturated heterocycles. The minimum atomic E-state index is -0.402. The molecule has 2 heterocycles. The number of hydrogen-bond donors (Lipinski definition) is 1. The number of rotatable bonds is 4. The van der Waals surface area contributed by atoms with Crippen molar-refractivity contribution in [2.75, 3.05) is 6.54 Å². The summed E-state index contributed by atoms with van der Waals surface area (Å²) in [7, 11) is 0. The molecule has 1 N–H and O–H groups in total. The van der Waals surface area contributed by atoms with Crippen molar-refractivity contribution in [2.24, 2.45) is 0 Å². The quantitative estimate of drug-likeness (QED) is 0.926. The summed E-state index contributed by atoms with van der Waals surface area (Å²) in [6.07, 6.45) is 2.63. The summed E-state index contributed by atoms with van der Waals surface area (Å²) < 4.78 is 0. The average molecular weight is 342 g/mol. The molecule has 3 rings (SSSR count). The Morgan fingerprint density at radius 2 is 2.04 bits per heavy atom. The lowest BCUT2D eigenvalue weighted by Gasteiger charge is -2.30. The summed E-state index contributed by atoms with van der Waals surface area (Å²) in [6.45, 7) is 3.16. The lowest BCUT2D eigenvalue weighted by atomic mass is 10.1. The smallest absolute Gasteiger partial charge is 0.254 e. The molecule has 1 aromatic heterocycles. The average Bonchev–Trinajstić information content (AvgIpc) is 3.01. The Kier molecular flexibility index (Phi) is 5.30. The van der Waals surface area contributed by atoms with Gasteiger partial charge in [-0.15, -0.1) is 0 Å². The van der Waals surface area contributed by atoms with Gasteiger partial charge in [-0.2, -0.15) is 11.3 Å². The Morgan fingerprint density at radius 1 is 1.25 bits per heavy atom. The summed E-state index contributed by atoms with van der Waals surface area (Å²) in [5, 5.41) is 6.97. The molecule has 0 spiro atoms. The van der Waals surface area contributed by atoms with Gasteiger partial charge >= 0.3 is 0 Å². The van der Waals surface area contributed by atoms with E-state index in [1.165, 1.54) is 0 Å². The molecule has 0 aliphatic carbocycles. The highest BCUT2D eigenvalue weighted by atomic mass is 32.1. The number of nitrogens with zero attached hydrogens (tertiary/aromatic N) is 1. The number of nitrogens with one attached hydrogen (secondary N) is 1. The van der Waals surface area contributed by atoms with Gasteiger partial charge in [-0.1, -0.05) is 17.7 Å². The van der Waals surface area contributed by atoms with Crippen LogP contribution in [-0.2, 0) is 11.3 Å². The van der Waals surface area contributed by atoms with E-state index in [0.29, 0.717) is 25.1 Å². The van der Waals surface area contributed by atoms with Crippen LogP contribution in [0.25, 0.3) is 0 Å². The minimum Gasteiger partial charge on any atom is -0.354 e. The van der Waals surface area contributed by atoms with Gasteiger partial charge in [0, 0.05) is 18.7 Å². The Labute approximate surface area is 146 Å². The van der Waals surface area contributed by atoms with Crippen LogP contribution >= 0.6 is 11.3 Å². The second kappa shape index (κ2) is 7.62. The van der Waals surface area contributed by atoms with E-state index in [9.17, 15) is 9.59 Å². The molecule has 1 unspecified atom stereocenters. The molecule has 1 aliphatic heterocycles. The highest BCUT2D eigenvalue weighted by Crippen LogP contribution is 2.20. The van der Waals surface area contributed by atoms with Crippen molar-refractivity contribution in [1.82, 2.24) is 10.2 Å². The van der Waals surface area contributed by atoms with Crippen LogP contribution in [0.4, 0.5) is 0 Å². The van der Waals surface area contributed by atoms with Crippen LogP contribution < -0.4 is 5.32 Å². The van der Waals surface area contributed by atoms with Crippen molar-refractivity contribution in [3.63, 3.8) is 0 Å². The molecule has 0 saturated carbocycles. The zero-order chi connectivity index (χ0) is 16.9. The first kappa shape index (κ1) is 16.7. The third-order valence-electron chi connectivity index (χ3n) is 4.37. The van der Waals surface area contributed by atoms with Crippen LogP contribution in [0.1, 0.15) is 40.7 Å². The topological polar surface area (TPSA) is 49.4 Å². The van der Waals surface area contributed by atoms with E-state index in [-0.39, 0.29) is 11.8 Å². The normalized spacial score (nSPS) is 17.9. The molecule has 126 valence electrons. The third kappa shape index (κ3) is 3.85. The van der Waals surface area contributed by atoms with Crippen LogP contribution in [-0.4, -0.2) is 29.3 Å². The van der Waals surface area contributed by atoms with Gasteiger partial charge < -0.3 is 10.2 Å². The van der Waals surface area contributed by atoms with Gasteiger partial charge in [-0.3, -0.25) is 9.59 Å². The standard InChI is InChI=1S/C19H22N2O2S/c1-14-5-7-16(8-6-14)19(23)21(12-15-9-11-24-13-15)17-4-2-3-10-20-18(17)22/h5-9,11,13,17H,2-4,10,12H2,1H3,(H,20,22). The first-order valence-electron chi connectivity index (χ1n) is 8.31. The van der Waals surface area contributed by atoms with E-state index in [0.717, 1.165) is 24.0 Å². The maximum atomic E-state index is 13.1. The molecule has 2 amide bonds. The molecule has 0 radical (unpaired) electrons. The fraction of sp³-hybridized carbons (Fsp3) is 0.368. The molecule has 1 atom stereocenters. The fourth-order valence-corrected chi connectivity index (χ4v) is 3.65. The third-order valence-corrected chi connectivity index (χ3v) is 5.11. The minimum absolute atomic E-state index is 0.0387. The Hall–Kier alpha value is -2.14. The predicted octanol–water partition coefficient (Wildman–Crippen LogP) is 3.37. The van der Waals surface area contributed by atoms with E-state index in [1.54, 1.807) is 16.2 Å². The Morgan fingerprint density at radius 3 is 2.75 bits per heavy atom. The van der Waals surface area contributed by atoms with Gasteiger partial charge in [0.05, 0.1) is 0 Å². The second-order valence-electron chi connectivity index (χ2n) is 6.23. The van der Waals surface area contributed by atoms with Crippen molar-refractivity contribution in [3.05, 3.63) is 57.8 Å². The number of benzene rings is 1. The van der Waals surface area contributed by atoms with Crippen molar-refractivity contribution < 1.29 is 9.59 Å². The zero-order valence-corrected chi connectivity index (χ0v) is 14.6. The van der Waals surface area contributed by atoms with E-state index in [4.69, 9.17) is 0 Å². The van der Waals surface area contributed by atoms with Crippen LogP contribution in [0.5, 0.6) is 0 Å². The molecule has 4 nitrogen and oxygen atoms in total. The summed E-state index contributed by atoms with van der Waals surface area (Å²) >= 11 is 1.60. The first-order valence-corrected chi connectivity index (χ1v) is 9.26. The van der Waals surface area contributed by atoms with Gasteiger partial charge in [0.2, 0.25) is 5.91 Å². The van der Waals surface area contributed by atoms with Crippen LogP contribution in [0, 0.1) is 6.92 Å².